The number of aromatic nitrogens is 2. The average Bonchev–Trinajstić information content (AvgIpc) is 3.02. The summed E-state index contributed by atoms with van der Waals surface area (Å²) in [5.74, 6) is 0. The van der Waals surface area contributed by atoms with Gasteiger partial charge in [0.05, 0.1) is 12.0 Å². The molecule has 1 aliphatic heterocycles. The van der Waals surface area contributed by atoms with Crippen molar-refractivity contribution < 1.29 is 0 Å². The Kier molecular flexibility index (Phi) is 3.15. The van der Waals surface area contributed by atoms with Crippen molar-refractivity contribution >= 4 is 0 Å². The van der Waals surface area contributed by atoms with Crippen molar-refractivity contribution in [3.8, 4) is 0 Å². The molecule has 18 heavy (non-hydrogen) atoms. The number of benzene rings is 1. The Morgan fingerprint density at radius 2 is 2.28 bits per heavy atom. The van der Waals surface area contributed by atoms with Crippen LogP contribution in [0.5, 0.6) is 0 Å². The fourth-order valence-corrected chi connectivity index (χ4v) is 2.66. The molecule has 2 aromatic rings. The van der Waals surface area contributed by atoms with Gasteiger partial charge in [-0.25, -0.2) is 4.98 Å². The summed E-state index contributed by atoms with van der Waals surface area (Å²) in [6, 6.07) is 9.04. The van der Waals surface area contributed by atoms with E-state index in [0.29, 0.717) is 6.04 Å². The minimum Gasteiger partial charge on any atom is -0.329 e. The van der Waals surface area contributed by atoms with Gasteiger partial charge in [-0.05, 0) is 37.4 Å². The molecule has 1 aromatic carbocycles. The van der Waals surface area contributed by atoms with E-state index >= 15 is 0 Å². The highest BCUT2D eigenvalue weighted by Crippen LogP contribution is 2.23. The van der Waals surface area contributed by atoms with Crippen molar-refractivity contribution in [3.63, 3.8) is 0 Å². The van der Waals surface area contributed by atoms with Crippen LogP contribution in [0.2, 0.25) is 0 Å². The Morgan fingerprint density at radius 3 is 3.06 bits per heavy atom. The molecular formula is C15H19N3. The van der Waals surface area contributed by atoms with E-state index in [1.165, 1.54) is 29.7 Å². The first kappa shape index (κ1) is 11.5. The van der Waals surface area contributed by atoms with Crippen LogP contribution < -0.4 is 5.32 Å². The van der Waals surface area contributed by atoms with Gasteiger partial charge in [0, 0.05) is 18.8 Å². The molecule has 0 radical (unpaired) electrons. The summed E-state index contributed by atoms with van der Waals surface area (Å²) < 4.78 is 2.27. The van der Waals surface area contributed by atoms with E-state index in [9.17, 15) is 0 Å². The van der Waals surface area contributed by atoms with Crippen LogP contribution in [0.1, 0.15) is 35.7 Å². The van der Waals surface area contributed by atoms with E-state index in [1.807, 2.05) is 12.5 Å². The minimum absolute atomic E-state index is 0.483. The largest absolute Gasteiger partial charge is 0.329 e. The molecule has 94 valence electrons. The molecule has 2 heterocycles. The second kappa shape index (κ2) is 4.94. The molecule has 0 spiro atoms. The van der Waals surface area contributed by atoms with Gasteiger partial charge < -0.3 is 9.88 Å². The third kappa shape index (κ3) is 2.18. The lowest BCUT2D eigenvalue weighted by Gasteiger charge is -2.15. The van der Waals surface area contributed by atoms with Crippen molar-refractivity contribution in [2.24, 2.45) is 0 Å². The van der Waals surface area contributed by atoms with E-state index in [2.05, 4.69) is 46.1 Å². The number of hydrogen-bond acceptors (Lipinski definition) is 2. The summed E-state index contributed by atoms with van der Waals surface area (Å²) in [6.07, 6.45) is 6.43. The Labute approximate surface area is 108 Å². The predicted octanol–water partition coefficient (Wildman–Crippen LogP) is 2.66. The zero-order chi connectivity index (χ0) is 12.4. The van der Waals surface area contributed by atoms with Crippen molar-refractivity contribution in [2.45, 2.75) is 32.4 Å². The molecule has 1 aromatic heterocycles. The molecule has 3 nitrogen and oxygen atoms in total. The number of hydrogen-bond donors (Lipinski definition) is 1. The average molecular weight is 241 g/mol. The van der Waals surface area contributed by atoms with Crippen molar-refractivity contribution in [2.75, 3.05) is 6.54 Å². The summed E-state index contributed by atoms with van der Waals surface area (Å²) in [6.45, 7) is 4.21. The third-order valence-corrected chi connectivity index (χ3v) is 3.76. The number of nitrogens with one attached hydrogen (secondary N) is 1. The summed E-state index contributed by atoms with van der Waals surface area (Å²) in [7, 11) is 0. The van der Waals surface area contributed by atoms with Gasteiger partial charge in [-0.3, -0.25) is 0 Å². The van der Waals surface area contributed by atoms with Gasteiger partial charge in [0.2, 0.25) is 0 Å². The van der Waals surface area contributed by atoms with Crippen molar-refractivity contribution in [1.82, 2.24) is 14.9 Å². The lowest BCUT2D eigenvalue weighted by atomic mass is 10.1. The first-order chi connectivity index (χ1) is 8.84. The molecule has 1 N–H and O–H groups in total. The fraction of sp³-hybridized carbons (Fsp3) is 0.400. The summed E-state index contributed by atoms with van der Waals surface area (Å²) >= 11 is 0. The van der Waals surface area contributed by atoms with E-state index in [4.69, 9.17) is 0 Å². The molecule has 0 amide bonds. The predicted molar refractivity (Wildman–Crippen MR) is 72.5 cm³/mol. The molecule has 1 fully saturated rings. The number of imidazole rings is 1. The molecule has 1 saturated heterocycles. The maximum Gasteiger partial charge on any atom is 0.0951 e. The highest BCUT2D eigenvalue weighted by Gasteiger charge is 2.19. The van der Waals surface area contributed by atoms with E-state index < -0.39 is 0 Å². The molecule has 0 bridgehead atoms. The van der Waals surface area contributed by atoms with Crippen LogP contribution in [0.25, 0.3) is 0 Å². The van der Waals surface area contributed by atoms with Crippen LogP contribution in [0, 0.1) is 6.92 Å². The first-order valence-corrected chi connectivity index (χ1v) is 6.62. The van der Waals surface area contributed by atoms with Crippen LogP contribution in [0.3, 0.4) is 0 Å². The monoisotopic (exact) mass is 241 g/mol. The van der Waals surface area contributed by atoms with E-state index in [0.717, 1.165) is 13.1 Å². The Balaban J connectivity index is 1.85. The van der Waals surface area contributed by atoms with Gasteiger partial charge in [-0.2, -0.15) is 0 Å². The maximum atomic E-state index is 4.32. The van der Waals surface area contributed by atoms with Crippen LogP contribution in [-0.4, -0.2) is 16.1 Å². The lowest BCUT2D eigenvalue weighted by Crippen LogP contribution is -2.17. The molecule has 3 heteroatoms. The van der Waals surface area contributed by atoms with Gasteiger partial charge in [-0.15, -0.1) is 0 Å². The molecule has 1 atom stereocenters. The number of rotatable bonds is 3. The van der Waals surface area contributed by atoms with Gasteiger partial charge >= 0.3 is 0 Å². The van der Waals surface area contributed by atoms with Crippen LogP contribution in [0.15, 0.2) is 36.8 Å². The van der Waals surface area contributed by atoms with Crippen molar-refractivity contribution in [3.05, 3.63) is 53.6 Å². The quantitative estimate of drug-likeness (QED) is 0.895. The molecule has 1 aliphatic rings. The summed E-state index contributed by atoms with van der Waals surface area (Å²) in [5.41, 5.74) is 4.03. The number of nitrogens with zero attached hydrogens (tertiary/aromatic N) is 2. The smallest absolute Gasteiger partial charge is 0.0951 e. The van der Waals surface area contributed by atoms with Crippen LogP contribution >= 0.6 is 0 Å². The summed E-state index contributed by atoms with van der Waals surface area (Å²) in [4.78, 5) is 4.32. The fourth-order valence-electron chi connectivity index (χ4n) is 2.66. The second-order valence-electron chi connectivity index (χ2n) is 5.02. The second-order valence-corrected chi connectivity index (χ2v) is 5.02. The minimum atomic E-state index is 0.483. The zero-order valence-electron chi connectivity index (χ0n) is 10.8. The Morgan fingerprint density at radius 1 is 1.39 bits per heavy atom. The van der Waals surface area contributed by atoms with Gasteiger partial charge in [0.25, 0.3) is 0 Å². The molecule has 1 unspecified atom stereocenters. The topological polar surface area (TPSA) is 29.9 Å². The van der Waals surface area contributed by atoms with E-state index in [-0.39, 0.29) is 0 Å². The Hall–Kier alpha value is -1.61. The van der Waals surface area contributed by atoms with Gasteiger partial charge in [0.15, 0.2) is 0 Å². The molecular weight excluding hydrogens is 222 g/mol. The number of aryl methyl sites for hydroxylation is 1. The highest BCUT2D eigenvalue weighted by molar-refractivity contribution is 5.26. The molecule has 3 rings (SSSR count). The molecule has 0 saturated carbocycles. The van der Waals surface area contributed by atoms with E-state index in [1.54, 1.807) is 0 Å². The summed E-state index contributed by atoms with van der Waals surface area (Å²) in [5, 5.41) is 3.54. The normalized spacial score (nSPS) is 19.3. The maximum absolute atomic E-state index is 4.32. The lowest BCUT2D eigenvalue weighted by molar-refractivity contribution is 0.584. The highest BCUT2D eigenvalue weighted by atomic mass is 15.1. The van der Waals surface area contributed by atoms with Crippen LogP contribution in [0.4, 0.5) is 0 Å². The first-order valence-electron chi connectivity index (χ1n) is 6.62. The van der Waals surface area contributed by atoms with Crippen LogP contribution in [-0.2, 0) is 6.54 Å². The SMILES string of the molecule is Cc1ccccc1Cn1cncc1C1CCCN1. The van der Waals surface area contributed by atoms with Gasteiger partial charge in [0.1, 0.15) is 0 Å². The van der Waals surface area contributed by atoms with Gasteiger partial charge in [-0.1, -0.05) is 24.3 Å². The van der Waals surface area contributed by atoms with Crippen molar-refractivity contribution in [1.29, 1.82) is 0 Å². The Bertz CT molecular complexity index is 524. The zero-order valence-corrected chi connectivity index (χ0v) is 10.8. The standard InChI is InChI=1S/C15H19N3/c1-12-5-2-3-6-13(12)10-18-11-16-9-15(18)14-7-4-8-17-14/h2-3,5-6,9,11,14,17H,4,7-8,10H2,1H3. The molecule has 0 aliphatic carbocycles. The third-order valence-electron chi connectivity index (χ3n) is 3.76.